The van der Waals surface area contributed by atoms with Crippen molar-refractivity contribution < 1.29 is 45.2 Å². The zero-order valence-corrected chi connectivity index (χ0v) is 31.0. The fraction of sp³-hybridized carbons (Fsp3) is 0.250. The smallest absolute Gasteiger partial charge is 0.355 e. The summed E-state index contributed by atoms with van der Waals surface area (Å²) in [6.45, 7) is 0.990. The molecule has 1 N–H and O–H groups in total. The summed E-state index contributed by atoms with van der Waals surface area (Å²) in [5.41, 5.74) is 3.81. The van der Waals surface area contributed by atoms with Gasteiger partial charge in [-0.2, -0.15) is 13.2 Å². The molecule has 1 amide bonds. The van der Waals surface area contributed by atoms with E-state index in [1.54, 1.807) is 34.9 Å². The van der Waals surface area contributed by atoms with Gasteiger partial charge in [-0.1, -0.05) is 108 Å². The van der Waals surface area contributed by atoms with Crippen LogP contribution in [0.3, 0.4) is 0 Å². The third kappa shape index (κ3) is 8.57. The van der Waals surface area contributed by atoms with Crippen molar-refractivity contribution in [3.63, 3.8) is 0 Å². The van der Waals surface area contributed by atoms with Gasteiger partial charge >= 0.3 is 14.1 Å². The molecule has 0 aliphatic carbocycles. The van der Waals surface area contributed by atoms with Crippen LogP contribution in [0.25, 0.3) is 11.2 Å². The Morgan fingerprint density at radius 2 is 1.43 bits per heavy atom. The van der Waals surface area contributed by atoms with Crippen molar-refractivity contribution in [2.45, 2.75) is 50.5 Å². The molecule has 4 atom stereocenters. The number of hydrogen-bond acceptors (Lipinski definition) is 9. The molecular formula is C40H36F4N5O6P. The van der Waals surface area contributed by atoms with Crippen LogP contribution in [0.4, 0.5) is 23.2 Å². The fourth-order valence-corrected chi connectivity index (χ4v) is 7.30. The van der Waals surface area contributed by atoms with Gasteiger partial charge in [0.2, 0.25) is 0 Å². The Labute approximate surface area is 319 Å². The molecule has 1 aliphatic heterocycles. The zero-order valence-electron chi connectivity index (χ0n) is 30.1. The second-order valence-electron chi connectivity index (χ2n) is 13.3. The number of nitrogens with zero attached hydrogens (tertiary/aromatic N) is 4. The summed E-state index contributed by atoms with van der Waals surface area (Å²) in [5, 5.41) is 2.76. The highest BCUT2D eigenvalue weighted by atomic mass is 31.2. The summed E-state index contributed by atoms with van der Waals surface area (Å²) in [6, 6.07) is 33.5. The monoisotopic (exact) mass is 789 g/mol. The molecular weight excluding hydrogens is 753 g/mol. The van der Waals surface area contributed by atoms with Gasteiger partial charge < -0.3 is 14.8 Å². The Bertz CT molecular complexity index is 2280. The maximum atomic E-state index is 14.9. The van der Waals surface area contributed by atoms with Crippen LogP contribution in [-0.2, 0) is 28.7 Å². The van der Waals surface area contributed by atoms with Crippen LogP contribution in [0, 0.1) is 13.8 Å². The molecule has 7 rings (SSSR count). The number of fused-ring (bicyclic) bond motifs is 1. The van der Waals surface area contributed by atoms with E-state index < -0.39 is 57.2 Å². The van der Waals surface area contributed by atoms with E-state index in [1.807, 2.05) is 92.7 Å². The van der Waals surface area contributed by atoms with Gasteiger partial charge in [-0.3, -0.25) is 18.4 Å². The number of nitrogens with one attached hydrogen (secondary N) is 1. The maximum absolute atomic E-state index is 14.9. The minimum absolute atomic E-state index is 0.0570. The van der Waals surface area contributed by atoms with Gasteiger partial charge in [0.05, 0.1) is 19.0 Å². The quantitative estimate of drug-likeness (QED) is 0.0693. The minimum atomic E-state index is -5.70. The normalized spacial score (nSPS) is 18.5. The van der Waals surface area contributed by atoms with E-state index in [-0.39, 0.29) is 23.4 Å². The molecule has 6 aromatic rings. The lowest BCUT2D eigenvalue weighted by Crippen LogP contribution is -2.41. The molecule has 1 aliphatic rings. The minimum Gasteiger partial charge on any atom is -0.355 e. The number of anilines is 1. The van der Waals surface area contributed by atoms with Gasteiger partial charge in [-0.15, -0.1) is 4.20 Å². The predicted molar refractivity (Wildman–Crippen MR) is 198 cm³/mol. The summed E-state index contributed by atoms with van der Waals surface area (Å²) in [5.74, 6) is -0.286. The van der Waals surface area contributed by atoms with Crippen LogP contribution in [0.15, 0.2) is 122 Å². The third-order valence-electron chi connectivity index (χ3n) is 9.32. The Kier molecular flexibility index (Phi) is 11.2. The molecule has 4 aromatic carbocycles. The highest BCUT2D eigenvalue weighted by Gasteiger charge is 2.47. The first kappa shape index (κ1) is 38.9. The number of alkyl halides is 3. The van der Waals surface area contributed by atoms with Crippen LogP contribution >= 0.6 is 7.91 Å². The Hall–Kier alpha value is -5.31. The average Bonchev–Trinajstić information content (AvgIpc) is 3.81. The lowest BCUT2D eigenvalue weighted by Gasteiger charge is -2.39. The molecule has 2 aromatic heterocycles. The van der Waals surface area contributed by atoms with E-state index in [2.05, 4.69) is 24.8 Å². The van der Waals surface area contributed by atoms with Crippen molar-refractivity contribution in [1.29, 1.82) is 0 Å². The standard InChI is InChI=1S/C40H36F4N5O6P/c1-26-13-17-30(18-14-26)40(29-11-7-4-8-12-29,31-19-15-27(2)16-20-31)55-32-21-34(54-33(32)22-52-56(44,51)53-23-39(41,42)43)49-25-47-35-36(45-24-46-37(35)49)48-38(50)28-9-5-3-6-10-28/h3-20,24-25,32-34H,21-23H2,1-2H3,(H,45,46,48,50)/t32-,33+,34+,56?/m0/s1. The third-order valence-corrected chi connectivity index (χ3v) is 10.2. The lowest BCUT2D eigenvalue weighted by molar-refractivity contribution is -0.157. The highest BCUT2D eigenvalue weighted by Crippen LogP contribution is 2.52. The first-order valence-corrected chi connectivity index (χ1v) is 19.0. The molecule has 290 valence electrons. The summed E-state index contributed by atoms with van der Waals surface area (Å²) >= 11 is 0. The molecule has 1 saturated heterocycles. The second kappa shape index (κ2) is 16.0. The first-order chi connectivity index (χ1) is 26.8. The van der Waals surface area contributed by atoms with E-state index in [0.29, 0.717) is 5.56 Å². The summed E-state index contributed by atoms with van der Waals surface area (Å²) in [6.07, 6.45) is -5.34. The number of imidazole rings is 1. The van der Waals surface area contributed by atoms with Gasteiger partial charge in [-0.05, 0) is 42.7 Å². The van der Waals surface area contributed by atoms with E-state index in [1.165, 1.54) is 12.7 Å². The van der Waals surface area contributed by atoms with E-state index in [9.17, 15) is 26.7 Å². The molecule has 11 nitrogen and oxygen atoms in total. The average molecular weight is 790 g/mol. The number of aromatic nitrogens is 4. The van der Waals surface area contributed by atoms with Crippen molar-refractivity contribution in [2.75, 3.05) is 18.5 Å². The SMILES string of the molecule is Cc1ccc(C(O[C@H]2C[C@H](n3cnc4c(NC(=O)c5ccccc5)ncnc43)O[C@@H]2COP(=O)(F)OCC(F)(F)F)(c2ccccc2)c2ccc(C)cc2)cc1. The molecule has 16 heteroatoms. The number of halogens is 4. The molecule has 1 unspecified atom stereocenters. The molecule has 3 heterocycles. The lowest BCUT2D eigenvalue weighted by atomic mass is 9.79. The summed E-state index contributed by atoms with van der Waals surface area (Å²) < 4.78 is 90.2. The van der Waals surface area contributed by atoms with Crippen molar-refractivity contribution in [3.8, 4) is 0 Å². The molecule has 0 radical (unpaired) electrons. The Morgan fingerprint density at radius 1 is 0.839 bits per heavy atom. The van der Waals surface area contributed by atoms with Gasteiger partial charge in [0, 0.05) is 12.0 Å². The van der Waals surface area contributed by atoms with Crippen LogP contribution in [0.1, 0.15) is 50.8 Å². The van der Waals surface area contributed by atoms with E-state index in [0.717, 1.165) is 27.8 Å². The van der Waals surface area contributed by atoms with Gasteiger partial charge in [0.1, 0.15) is 24.3 Å². The van der Waals surface area contributed by atoms with Crippen molar-refractivity contribution >= 4 is 30.8 Å². The Balaban J connectivity index is 1.28. The summed E-state index contributed by atoms with van der Waals surface area (Å²) in [7, 11) is -5.70. The number of rotatable bonds is 13. The van der Waals surface area contributed by atoms with Crippen LogP contribution in [0.2, 0.25) is 0 Å². The van der Waals surface area contributed by atoms with E-state index >= 15 is 0 Å². The van der Waals surface area contributed by atoms with Crippen molar-refractivity contribution in [2.24, 2.45) is 0 Å². The van der Waals surface area contributed by atoms with Gasteiger partial charge in [-0.25, -0.2) is 19.5 Å². The maximum Gasteiger partial charge on any atom is 0.513 e. The van der Waals surface area contributed by atoms with E-state index in [4.69, 9.17) is 14.0 Å². The molecule has 1 fully saturated rings. The van der Waals surface area contributed by atoms with Gasteiger partial charge in [0.25, 0.3) is 5.91 Å². The number of hydrogen-bond donors (Lipinski definition) is 1. The number of carbonyl (C=O) groups excluding carboxylic acids is 1. The number of amides is 1. The Morgan fingerprint density at radius 3 is 2.04 bits per heavy atom. The first-order valence-electron chi connectivity index (χ1n) is 17.5. The van der Waals surface area contributed by atoms with Crippen molar-refractivity contribution in [3.05, 3.63) is 155 Å². The highest BCUT2D eigenvalue weighted by molar-refractivity contribution is 7.48. The largest absolute Gasteiger partial charge is 0.513 e. The molecule has 0 spiro atoms. The molecule has 0 saturated carbocycles. The molecule has 0 bridgehead atoms. The number of aryl methyl sites for hydroxylation is 2. The van der Waals surface area contributed by atoms with Crippen molar-refractivity contribution in [1.82, 2.24) is 19.5 Å². The van der Waals surface area contributed by atoms with Crippen LogP contribution < -0.4 is 5.32 Å². The second-order valence-corrected chi connectivity index (χ2v) is 14.7. The van der Waals surface area contributed by atoms with Crippen LogP contribution in [-0.4, -0.2) is 57.0 Å². The fourth-order valence-electron chi connectivity index (χ4n) is 6.60. The molecule has 56 heavy (non-hydrogen) atoms. The zero-order chi connectivity index (χ0) is 39.5. The number of ether oxygens (including phenoxy) is 2. The number of benzene rings is 4. The summed E-state index contributed by atoms with van der Waals surface area (Å²) in [4.78, 5) is 26.1. The predicted octanol–water partition coefficient (Wildman–Crippen LogP) is 9.03. The van der Waals surface area contributed by atoms with Gasteiger partial charge in [0.15, 0.2) is 23.6 Å². The number of carbonyl (C=O) groups is 1. The topological polar surface area (TPSA) is 127 Å². The van der Waals surface area contributed by atoms with Crippen LogP contribution in [0.5, 0.6) is 0 Å².